The molecule has 0 aromatic carbocycles. The number of halogens is 1. The van der Waals surface area contributed by atoms with Crippen molar-refractivity contribution in [2.45, 2.75) is 31.0 Å². The van der Waals surface area contributed by atoms with E-state index in [9.17, 15) is 24.2 Å². The number of rotatable bonds is 3. The van der Waals surface area contributed by atoms with Gasteiger partial charge in [-0.2, -0.15) is 0 Å². The van der Waals surface area contributed by atoms with E-state index in [1.54, 1.807) is 0 Å². The van der Waals surface area contributed by atoms with Crippen molar-refractivity contribution in [3.05, 3.63) is 32.6 Å². The highest BCUT2D eigenvalue weighted by atomic mass is 19.1. The van der Waals surface area contributed by atoms with Crippen molar-refractivity contribution in [2.24, 2.45) is 0 Å². The first-order chi connectivity index (χ1) is 9.36. The summed E-state index contributed by atoms with van der Waals surface area (Å²) in [5, 5.41) is 28.8. The summed E-state index contributed by atoms with van der Waals surface area (Å²) in [4.78, 5) is 25.0. The van der Waals surface area contributed by atoms with E-state index in [1.165, 1.54) is 6.92 Å². The molecule has 4 atom stereocenters. The van der Waals surface area contributed by atoms with E-state index >= 15 is 0 Å². The number of aromatic amines is 1. The highest BCUT2D eigenvalue weighted by molar-refractivity contribution is 5.05. The minimum Gasteiger partial charge on any atom is -0.393 e. The third kappa shape index (κ3) is 2.08. The Bertz CT molecular complexity index is 608. The Morgan fingerprint density at radius 3 is 2.65 bits per heavy atom. The zero-order chi connectivity index (χ0) is 15.1. The minimum absolute atomic E-state index is 0.177. The summed E-state index contributed by atoms with van der Waals surface area (Å²) in [6, 6.07) is 0. The van der Waals surface area contributed by atoms with Crippen molar-refractivity contribution >= 4 is 0 Å². The lowest BCUT2D eigenvalue weighted by Gasteiger charge is -2.26. The average molecular weight is 290 g/mol. The monoisotopic (exact) mass is 290 g/mol. The lowest BCUT2D eigenvalue weighted by atomic mass is 9.98. The van der Waals surface area contributed by atoms with Gasteiger partial charge >= 0.3 is 5.69 Å². The quantitative estimate of drug-likeness (QED) is 0.500. The van der Waals surface area contributed by atoms with E-state index < -0.39 is 48.6 Å². The van der Waals surface area contributed by atoms with E-state index in [2.05, 4.69) is 0 Å². The van der Waals surface area contributed by atoms with Gasteiger partial charge in [-0.05, 0) is 6.92 Å². The number of aliphatic hydroxyl groups is 3. The van der Waals surface area contributed by atoms with Crippen LogP contribution in [0, 0.1) is 6.92 Å². The summed E-state index contributed by atoms with van der Waals surface area (Å²) in [6.45, 7) is -0.675. The predicted octanol–water partition coefficient (Wildman–Crippen LogP) is -2.20. The van der Waals surface area contributed by atoms with Gasteiger partial charge in [0, 0.05) is 11.8 Å². The van der Waals surface area contributed by atoms with Crippen molar-refractivity contribution < 1.29 is 24.4 Å². The van der Waals surface area contributed by atoms with Crippen molar-refractivity contribution in [1.82, 2.24) is 9.55 Å². The zero-order valence-electron chi connectivity index (χ0n) is 10.6. The summed E-state index contributed by atoms with van der Waals surface area (Å²) >= 11 is 0. The van der Waals surface area contributed by atoms with Gasteiger partial charge in [0.05, 0.1) is 6.61 Å². The number of aromatic nitrogens is 2. The highest BCUT2D eigenvalue weighted by Gasteiger charge is 2.55. The Hall–Kier alpha value is -1.55. The molecule has 0 bridgehead atoms. The van der Waals surface area contributed by atoms with Crippen molar-refractivity contribution in [2.75, 3.05) is 13.3 Å². The Balaban J connectivity index is 2.47. The molecule has 0 amide bonds. The molecule has 2 heterocycles. The van der Waals surface area contributed by atoms with Crippen molar-refractivity contribution in [3.63, 3.8) is 0 Å². The maximum atomic E-state index is 13.0. The molecule has 0 radical (unpaired) electrons. The van der Waals surface area contributed by atoms with Gasteiger partial charge in [-0.15, -0.1) is 0 Å². The van der Waals surface area contributed by atoms with Crippen molar-refractivity contribution in [3.8, 4) is 0 Å². The summed E-state index contributed by atoms with van der Waals surface area (Å²) in [6.07, 6.45) is -3.61. The van der Waals surface area contributed by atoms with E-state index in [0.717, 1.165) is 10.8 Å². The maximum Gasteiger partial charge on any atom is 0.330 e. The Labute approximate surface area is 112 Å². The van der Waals surface area contributed by atoms with Crippen LogP contribution in [-0.2, 0) is 4.74 Å². The predicted molar refractivity (Wildman–Crippen MR) is 64.0 cm³/mol. The van der Waals surface area contributed by atoms with Crippen molar-refractivity contribution in [1.29, 1.82) is 0 Å². The van der Waals surface area contributed by atoms with Gasteiger partial charge in [-0.25, -0.2) is 9.18 Å². The number of alkyl halides is 1. The zero-order valence-corrected chi connectivity index (χ0v) is 10.6. The molecule has 0 unspecified atom stereocenters. The van der Waals surface area contributed by atoms with Gasteiger partial charge in [-0.1, -0.05) is 0 Å². The van der Waals surface area contributed by atoms with Crippen LogP contribution < -0.4 is 11.2 Å². The fourth-order valence-corrected chi connectivity index (χ4v) is 2.13. The lowest BCUT2D eigenvalue weighted by molar-refractivity contribution is -0.138. The van der Waals surface area contributed by atoms with Crippen LogP contribution in [0.3, 0.4) is 0 Å². The molecule has 1 aliphatic rings. The summed E-state index contributed by atoms with van der Waals surface area (Å²) in [5.74, 6) is 0. The van der Waals surface area contributed by atoms with Crippen LogP contribution >= 0.6 is 0 Å². The largest absolute Gasteiger partial charge is 0.393 e. The molecule has 20 heavy (non-hydrogen) atoms. The van der Waals surface area contributed by atoms with Gasteiger partial charge in [0.15, 0.2) is 11.8 Å². The van der Waals surface area contributed by atoms with Gasteiger partial charge in [0.25, 0.3) is 5.56 Å². The molecule has 0 saturated carbocycles. The SMILES string of the molecule is Cc1cn([C@@H]2O[C@@](CO)(CF)[C@@H](O)[C@H]2O)c(=O)[nH]c1=O. The molecule has 1 aliphatic heterocycles. The molecule has 9 heteroatoms. The average Bonchev–Trinajstić information content (AvgIpc) is 2.68. The number of aryl methyl sites for hydroxylation is 1. The van der Waals surface area contributed by atoms with Crippen LogP contribution in [0.2, 0.25) is 0 Å². The van der Waals surface area contributed by atoms with Gasteiger partial charge in [0.1, 0.15) is 18.9 Å². The second kappa shape index (κ2) is 5.09. The topological polar surface area (TPSA) is 125 Å². The Morgan fingerprint density at radius 2 is 2.15 bits per heavy atom. The fraction of sp³-hybridized carbons (Fsp3) is 0.636. The molecular weight excluding hydrogens is 275 g/mol. The number of hydrogen-bond acceptors (Lipinski definition) is 6. The second-order valence-corrected chi connectivity index (χ2v) is 4.78. The summed E-state index contributed by atoms with van der Waals surface area (Å²) in [7, 11) is 0. The van der Waals surface area contributed by atoms with E-state index in [-0.39, 0.29) is 5.56 Å². The molecule has 4 N–H and O–H groups in total. The molecule has 112 valence electrons. The Kier molecular flexibility index (Phi) is 3.78. The number of nitrogens with one attached hydrogen (secondary N) is 1. The Morgan fingerprint density at radius 1 is 1.50 bits per heavy atom. The highest BCUT2D eigenvalue weighted by Crippen LogP contribution is 2.36. The van der Waals surface area contributed by atoms with E-state index in [0.29, 0.717) is 0 Å². The molecule has 1 saturated heterocycles. The summed E-state index contributed by atoms with van der Waals surface area (Å²) in [5.41, 5.74) is -3.28. The molecule has 8 nitrogen and oxygen atoms in total. The first-order valence-electron chi connectivity index (χ1n) is 5.89. The van der Waals surface area contributed by atoms with Crippen LogP contribution in [0.1, 0.15) is 11.8 Å². The number of ether oxygens (including phenoxy) is 1. The van der Waals surface area contributed by atoms with Crippen LogP contribution in [0.5, 0.6) is 0 Å². The van der Waals surface area contributed by atoms with Crippen LogP contribution in [-0.4, -0.2) is 56.0 Å². The second-order valence-electron chi connectivity index (χ2n) is 4.78. The number of aliphatic hydroxyl groups excluding tert-OH is 3. The normalized spacial score (nSPS) is 33.5. The number of hydrogen-bond donors (Lipinski definition) is 4. The first-order valence-corrected chi connectivity index (χ1v) is 5.89. The summed E-state index contributed by atoms with van der Waals surface area (Å²) < 4.78 is 19.0. The van der Waals surface area contributed by atoms with Crippen LogP contribution in [0.4, 0.5) is 4.39 Å². The molecule has 1 fully saturated rings. The van der Waals surface area contributed by atoms with Crippen LogP contribution in [0.25, 0.3) is 0 Å². The maximum absolute atomic E-state index is 13.0. The van der Waals surface area contributed by atoms with Crippen LogP contribution in [0.15, 0.2) is 15.8 Å². The third-order valence-corrected chi connectivity index (χ3v) is 3.42. The molecule has 1 aromatic rings. The minimum atomic E-state index is -1.99. The molecular formula is C11H15FN2O6. The van der Waals surface area contributed by atoms with Gasteiger partial charge < -0.3 is 20.1 Å². The number of nitrogens with zero attached hydrogens (tertiary/aromatic N) is 1. The third-order valence-electron chi connectivity index (χ3n) is 3.42. The smallest absolute Gasteiger partial charge is 0.330 e. The molecule has 2 rings (SSSR count). The molecule has 1 aromatic heterocycles. The lowest BCUT2D eigenvalue weighted by Crippen LogP contribution is -2.48. The molecule has 0 spiro atoms. The standard InChI is InChI=1S/C11H15FN2O6/c1-5-2-14(10(19)13-8(5)18)9-6(16)7(17)11(3-12,4-15)20-9/h2,6-7,9,15-17H,3-4H2,1H3,(H,13,18,19)/t6-,7+,9-,11-/m1/s1. The number of H-pyrrole nitrogens is 1. The van der Waals surface area contributed by atoms with Gasteiger partial charge in [0.2, 0.25) is 0 Å². The van der Waals surface area contributed by atoms with E-state index in [1.807, 2.05) is 4.98 Å². The molecule has 0 aliphatic carbocycles. The van der Waals surface area contributed by atoms with Gasteiger partial charge in [-0.3, -0.25) is 14.3 Å². The van der Waals surface area contributed by atoms with E-state index in [4.69, 9.17) is 9.84 Å². The first kappa shape index (κ1) is 14.9. The fourth-order valence-electron chi connectivity index (χ4n) is 2.13.